The number of methoxy groups -OCH3 is 1. The summed E-state index contributed by atoms with van der Waals surface area (Å²) < 4.78 is 4.44. The van der Waals surface area contributed by atoms with Crippen molar-refractivity contribution in [3.8, 4) is 0 Å². The van der Waals surface area contributed by atoms with Crippen LogP contribution in [0.25, 0.3) is 0 Å². The Morgan fingerprint density at radius 2 is 2.18 bits per heavy atom. The van der Waals surface area contributed by atoms with Crippen molar-refractivity contribution in [1.29, 1.82) is 0 Å². The standard InChI is InChI=1S/C6H11NO3S/c1-10-6(9)4(11-2)3-5(7)8/h4H,3H2,1-2H3,(H2,7,8). The first-order valence-electron chi connectivity index (χ1n) is 3.00. The first kappa shape index (κ1) is 10.3. The van der Waals surface area contributed by atoms with Crippen LogP contribution in [0.2, 0.25) is 0 Å². The van der Waals surface area contributed by atoms with Gasteiger partial charge < -0.3 is 10.5 Å². The molecule has 0 saturated carbocycles. The number of esters is 1. The molecule has 2 N–H and O–H groups in total. The molecule has 0 aliphatic rings. The third-order valence-corrected chi connectivity index (χ3v) is 2.06. The lowest BCUT2D eigenvalue weighted by atomic mass is 10.3. The summed E-state index contributed by atoms with van der Waals surface area (Å²) in [6.07, 6.45) is 1.76. The number of primary amides is 1. The highest BCUT2D eigenvalue weighted by molar-refractivity contribution is 7.99. The number of carbonyl (C=O) groups is 2. The molecule has 0 fully saturated rings. The van der Waals surface area contributed by atoms with Gasteiger partial charge in [-0.1, -0.05) is 0 Å². The number of nitrogens with two attached hydrogens (primary N) is 1. The number of carbonyl (C=O) groups excluding carboxylic acids is 2. The average molecular weight is 177 g/mol. The molecule has 1 amide bonds. The van der Waals surface area contributed by atoms with Gasteiger partial charge in [-0.15, -0.1) is 11.8 Å². The molecule has 0 saturated heterocycles. The fourth-order valence-corrected chi connectivity index (χ4v) is 1.20. The van der Waals surface area contributed by atoms with E-state index >= 15 is 0 Å². The first-order valence-corrected chi connectivity index (χ1v) is 4.29. The highest BCUT2D eigenvalue weighted by Crippen LogP contribution is 2.11. The number of thioether (sulfide) groups is 1. The van der Waals surface area contributed by atoms with Crippen molar-refractivity contribution in [3.63, 3.8) is 0 Å². The second kappa shape index (κ2) is 5.01. The molecule has 0 aliphatic carbocycles. The fraction of sp³-hybridized carbons (Fsp3) is 0.667. The van der Waals surface area contributed by atoms with Crippen LogP contribution < -0.4 is 5.73 Å². The third-order valence-electron chi connectivity index (χ3n) is 1.14. The molecule has 0 radical (unpaired) electrons. The summed E-state index contributed by atoms with van der Waals surface area (Å²) in [5.41, 5.74) is 4.90. The van der Waals surface area contributed by atoms with Crippen LogP contribution in [0.1, 0.15) is 6.42 Å². The zero-order valence-electron chi connectivity index (χ0n) is 6.49. The van der Waals surface area contributed by atoms with Crippen molar-refractivity contribution in [1.82, 2.24) is 0 Å². The van der Waals surface area contributed by atoms with Gasteiger partial charge in [0.1, 0.15) is 5.25 Å². The molecule has 4 nitrogen and oxygen atoms in total. The molecule has 0 aliphatic heterocycles. The maximum absolute atomic E-state index is 10.8. The molecule has 0 bridgehead atoms. The Hall–Kier alpha value is -0.710. The van der Waals surface area contributed by atoms with Crippen LogP contribution in [0.4, 0.5) is 0 Å². The van der Waals surface area contributed by atoms with Crippen LogP contribution in [-0.4, -0.2) is 30.5 Å². The molecule has 11 heavy (non-hydrogen) atoms. The Kier molecular flexibility index (Phi) is 4.69. The van der Waals surface area contributed by atoms with Gasteiger partial charge in [0.15, 0.2) is 0 Å². The summed E-state index contributed by atoms with van der Waals surface area (Å²) in [4.78, 5) is 21.2. The summed E-state index contributed by atoms with van der Waals surface area (Å²) in [6.45, 7) is 0. The van der Waals surface area contributed by atoms with Gasteiger partial charge in [-0.3, -0.25) is 9.59 Å². The third kappa shape index (κ3) is 3.87. The molecular weight excluding hydrogens is 166 g/mol. The highest BCUT2D eigenvalue weighted by Gasteiger charge is 2.19. The fourth-order valence-electron chi connectivity index (χ4n) is 0.577. The van der Waals surface area contributed by atoms with Crippen LogP contribution in [0.3, 0.4) is 0 Å². The molecule has 1 unspecified atom stereocenters. The first-order chi connectivity index (χ1) is 5.11. The largest absolute Gasteiger partial charge is 0.468 e. The summed E-state index contributed by atoms with van der Waals surface area (Å²) >= 11 is 1.26. The smallest absolute Gasteiger partial charge is 0.319 e. The number of ether oxygens (including phenoxy) is 1. The van der Waals surface area contributed by atoms with Gasteiger partial charge in [0, 0.05) is 6.42 Å². The topological polar surface area (TPSA) is 69.4 Å². The van der Waals surface area contributed by atoms with Crippen molar-refractivity contribution in [2.45, 2.75) is 11.7 Å². The van der Waals surface area contributed by atoms with E-state index in [4.69, 9.17) is 5.73 Å². The zero-order chi connectivity index (χ0) is 8.85. The van der Waals surface area contributed by atoms with Gasteiger partial charge in [0.2, 0.25) is 5.91 Å². The van der Waals surface area contributed by atoms with Gasteiger partial charge in [0.25, 0.3) is 0 Å². The molecule has 5 heteroatoms. The molecule has 0 rings (SSSR count). The maximum Gasteiger partial charge on any atom is 0.319 e. The highest BCUT2D eigenvalue weighted by atomic mass is 32.2. The predicted molar refractivity (Wildman–Crippen MR) is 43.1 cm³/mol. The van der Waals surface area contributed by atoms with E-state index in [2.05, 4.69) is 4.74 Å². The van der Waals surface area contributed by atoms with E-state index in [0.717, 1.165) is 0 Å². The van der Waals surface area contributed by atoms with Gasteiger partial charge in [-0.2, -0.15) is 0 Å². The van der Waals surface area contributed by atoms with E-state index in [0.29, 0.717) is 0 Å². The monoisotopic (exact) mass is 177 g/mol. The van der Waals surface area contributed by atoms with Gasteiger partial charge in [0.05, 0.1) is 7.11 Å². The van der Waals surface area contributed by atoms with Crippen LogP contribution in [-0.2, 0) is 14.3 Å². The van der Waals surface area contributed by atoms with E-state index in [-0.39, 0.29) is 6.42 Å². The quantitative estimate of drug-likeness (QED) is 0.602. The Morgan fingerprint density at radius 1 is 1.64 bits per heavy atom. The second-order valence-corrected chi connectivity index (χ2v) is 2.96. The van der Waals surface area contributed by atoms with E-state index < -0.39 is 17.1 Å². The normalized spacial score (nSPS) is 12.2. The maximum atomic E-state index is 10.8. The molecular formula is C6H11NO3S. The number of hydrogen-bond donors (Lipinski definition) is 1. The number of amides is 1. The van der Waals surface area contributed by atoms with Crippen LogP contribution >= 0.6 is 11.8 Å². The summed E-state index contributed by atoms with van der Waals surface area (Å²) in [5.74, 6) is -0.897. The number of hydrogen-bond acceptors (Lipinski definition) is 4. The minimum atomic E-state index is -0.491. The van der Waals surface area contributed by atoms with Gasteiger partial charge in [-0.25, -0.2) is 0 Å². The molecule has 0 spiro atoms. The molecule has 0 aromatic carbocycles. The van der Waals surface area contributed by atoms with E-state index in [1.54, 1.807) is 6.26 Å². The lowest BCUT2D eigenvalue weighted by Gasteiger charge is -2.08. The van der Waals surface area contributed by atoms with Crippen LogP contribution in [0, 0.1) is 0 Å². The Morgan fingerprint density at radius 3 is 2.45 bits per heavy atom. The minimum Gasteiger partial charge on any atom is -0.468 e. The molecule has 0 aromatic heterocycles. The van der Waals surface area contributed by atoms with E-state index in [1.165, 1.54) is 18.9 Å². The lowest BCUT2D eigenvalue weighted by Crippen LogP contribution is -2.25. The molecule has 0 aromatic rings. The minimum absolute atomic E-state index is 0.0356. The van der Waals surface area contributed by atoms with Crippen molar-refractivity contribution >= 4 is 23.6 Å². The van der Waals surface area contributed by atoms with E-state index in [9.17, 15) is 9.59 Å². The zero-order valence-corrected chi connectivity index (χ0v) is 7.31. The van der Waals surface area contributed by atoms with Crippen molar-refractivity contribution < 1.29 is 14.3 Å². The van der Waals surface area contributed by atoms with Crippen LogP contribution in [0.5, 0.6) is 0 Å². The summed E-state index contributed by atoms with van der Waals surface area (Å²) in [7, 11) is 1.28. The van der Waals surface area contributed by atoms with Gasteiger partial charge in [-0.05, 0) is 6.26 Å². The van der Waals surface area contributed by atoms with Gasteiger partial charge >= 0.3 is 5.97 Å². The lowest BCUT2D eigenvalue weighted by molar-refractivity contribution is -0.141. The van der Waals surface area contributed by atoms with Crippen LogP contribution in [0.15, 0.2) is 0 Å². The molecule has 0 heterocycles. The van der Waals surface area contributed by atoms with Crippen molar-refractivity contribution in [3.05, 3.63) is 0 Å². The Balaban J connectivity index is 3.94. The Bertz CT molecular complexity index is 160. The molecule has 1 atom stereocenters. The van der Waals surface area contributed by atoms with Crippen molar-refractivity contribution in [2.24, 2.45) is 5.73 Å². The summed E-state index contributed by atoms with van der Waals surface area (Å²) in [5, 5.41) is -0.461. The number of rotatable bonds is 4. The predicted octanol–water partition coefficient (Wildman–Crippen LogP) is -0.234. The second-order valence-electron chi connectivity index (χ2n) is 1.92. The average Bonchev–Trinajstić information content (AvgIpc) is 1.98. The Labute approximate surface area is 69.5 Å². The molecule has 64 valence electrons. The van der Waals surface area contributed by atoms with E-state index in [1.807, 2.05) is 0 Å². The summed E-state index contributed by atoms with van der Waals surface area (Å²) in [6, 6.07) is 0. The SMILES string of the molecule is COC(=O)C(CC(N)=O)SC. The van der Waals surface area contributed by atoms with Crippen molar-refractivity contribution in [2.75, 3.05) is 13.4 Å².